The Morgan fingerprint density at radius 3 is 2.48 bits per heavy atom. The van der Waals surface area contributed by atoms with E-state index in [1.165, 1.54) is 31.2 Å². The quantitative estimate of drug-likeness (QED) is 0.809. The maximum atomic E-state index is 5.62. The lowest BCUT2D eigenvalue weighted by Crippen LogP contribution is -2.39. The van der Waals surface area contributed by atoms with E-state index in [0.29, 0.717) is 18.0 Å². The molecular weight excluding hydrogens is 258 g/mol. The minimum absolute atomic E-state index is 0.380. The molecular formula is C19H31NO. The normalized spacial score (nSPS) is 17.6. The van der Waals surface area contributed by atoms with Crippen LogP contribution in [0.5, 0.6) is 0 Å². The van der Waals surface area contributed by atoms with Gasteiger partial charge in [-0.2, -0.15) is 0 Å². The summed E-state index contributed by atoms with van der Waals surface area (Å²) in [6.45, 7) is 10.4. The van der Waals surface area contributed by atoms with E-state index in [9.17, 15) is 0 Å². The van der Waals surface area contributed by atoms with Gasteiger partial charge in [0.1, 0.15) is 0 Å². The van der Waals surface area contributed by atoms with Gasteiger partial charge in [-0.25, -0.2) is 0 Å². The maximum absolute atomic E-state index is 5.62. The van der Waals surface area contributed by atoms with E-state index in [1.807, 2.05) is 0 Å². The molecule has 0 spiro atoms. The number of ether oxygens (including phenoxy) is 1. The van der Waals surface area contributed by atoms with Gasteiger partial charge in [-0.05, 0) is 62.1 Å². The smallest absolute Gasteiger partial charge is 0.0622 e. The van der Waals surface area contributed by atoms with Crippen molar-refractivity contribution in [3.8, 4) is 0 Å². The van der Waals surface area contributed by atoms with Gasteiger partial charge >= 0.3 is 0 Å². The molecule has 0 aromatic heterocycles. The van der Waals surface area contributed by atoms with E-state index in [0.717, 1.165) is 13.2 Å². The summed E-state index contributed by atoms with van der Waals surface area (Å²) >= 11 is 0. The highest BCUT2D eigenvalue weighted by Crippen LogP contribution is 2.25. The third kappa shape index (κ3) is 4.55. The summed E-state index contributed by atoms with van der Waals surface area (Å²) in [5, 5.41) is 3.75. The first-order valence-corrected chi connectivity index (χ1v) is 8.57. The highest BCUT2D eigenvalue weighted by molar-refractivity contribution is 5.35. The Kier molecular flexibility index (Phi) is 6.25. The average Bonchev–Trinajstić information content (AvgIpc) is 2.50. The van der Waals surface area contributed by atoms with Crippen molar-refractivity contribution in [1.29, 1.82) is 0 Å². The molecule has 2 unspecified atom stereocenters. The summed E-state index contributed by atoms with van der Waals surface area (Å²) < 4.78 is 5.62. The van der Waals surface area contributed by atoms with Crippen LogP contribution in [0, 0.1) is 5.92 Å². The van der Waals surface area contributed by atoms with Gasteiger partial charge in [-0.3, -0.25) is 0 Å². The topological polar surface area (TPSA) is 21.3 Å². The number of nitrogens with one attached hydrogen (secondary N) is 1. The molecule has 1 aromatic rings. The lowest BCUT2D eigenvalue weighted by molar-refractivity contribution is 0.104. The van der Waals surface area contributed by atoms with Gasteiger partial charge in [0.05, 0.1) is 6.61 Å². The van der Waals surface area contributed by atoms with Gasteiger partial charge in [-0.1, -0.05) is 32.0 Å². The molecule has 2 nitrogen and oxygen atoms in total. The van der Waals surface area contributed by atoms with Gasteiger partial charge in [0.15, 0.2) is 0 Å². The largest absolute Gasteiger partial charge is 0.380 e. The van der Waals surface area contributed by atoms with E-state index in [4.69, 9.17) is 4.74 Å². The molecule has 0 saturated heterocycles. The number of aryl methyl sites for hydroxylation is 2. The second-order valence-electron chi connectivity index (χ2n) is 6.63. The molecule has 118 valence electrons. The predicted molar refractivity (Wildman–Crippen MR) is 89.8 cm³/mol. The molecule has 0 radical (unpaired) electrons. The van der Waals surface area contributed by atoms with E-state index in [1.54, 1.807) is 11.1 Å². The van der Waals surface area contributed by atoms with Crippen molar-refractivity contribution in [2.45, 2.75) is 65.5 Å². The maximum Gasteiger partial charge on any atom is 0.0622 e. The monoisotopic (exact) mass is 289 g/mol. The van der Waals surface area contributed by atoms with Gasteiger partial charge in [0, 0.05) is 18.7 Å². The van der Waals surface area contributed by atoms with Gasteiger partial charge < -0.3 is 10.1 Å². The summed E-state index contributed by atoms with van der Waals surface area (Å²) in [5.74, 6) is 0.580. The molecule has 1 N–H and O–H groups in total. The molecule has 0 bridgehead atoms. The third-order valence-electron chi connectivity index (χ3n) is 4.64. The van der Waals surface area contributed by atoms with Crippen molar-refractivity contribution in [3.05, 3.63) is 34.9 Å². The van der Waals surface area contributed by atoms with Crippen LogP contribution in [-0.4, -0.2) is 19.3 Å². The second-order valence-corrected chi connectivity index (χ2v) is 6.63. The molecule has 2 rings (SSSR count). The summed E-state index contributed by atoms with van der Waals surface area (Å²) in [7, 11) is 0. The second kappa shape index (κ2) is 7.95. The van der Waals surface area contributed by atoms with Crippen molar-refractivity contribution >= 4 is 0 Å². The predicted octanol–water partition coefficient (Wildman–Crippen LogP) is 4.28. The molecule has 21 heavy (non-hydrogen) atoms. The molecule has 0 aliphatic heterocycles. The first-order valence-electron chi connectivity index (χ1n) is 8.57. The van der Waals surface area contributed by atoms with E-state index < -0.39 is 0 Å². The van der Waals surface area contributed by atoms with E-state index >= 15 is 0 Å². The molecule has 0 heterocycles. The zero-order valence-electron chi connectivity index (χ0n) is 14.1. The minimum Gasteiger partial charge on any atom is -0.380 e. The molecule has 2 atom stereocenters. The fourth-order valence-corrected chi connectivity index (χ4v) is 3.12. The summed E-state index contributed by atoms with van der Waals surface area (Å²) in [6.07, 6.45) is 5.21. The Labute approximate surface area is 130 Å². The number of fused-ring (bicyclic) bond motifs is 1. The van der Waals surface area contributed by atoms with Crippen molar-refractivity contribution < 1.29 is 4.74 Å². The van der Waals surface area contributed by atoms with Crippen molar-refractivity contribution in [2.75, 3.05) is 13.2 Å². The Bertz CT molecular complexity index is 441. The first kappa shape index (κ1) is 16.5. The summed E-state index contributed by atoms with van der Waals surface area (Å²) in [6, 6.07) is 7.86. The SMILES string of the molecule is CCOCC(NC(C)c1ccc2c(c1)CCCC2)C(C)C. The van der Waals surface area contributed by atoms with Crippen LogP contribution < -0.4 is 5.32 Å². The Morgan fingerprint density at radius 1 is 1.10 bits per heavy atom. The fourth-order valence-electron chi connectivity index (χ4n) is 3.12. The minimum atomic E-state index is 0.380. The molecule has 2 heteroatoms. The zero-order chi connectivity index (χ0) is 15.2. The molecule has 1 aliphatic rings. The summed E-state index contributed by atoms with van der Waals surface area (Å²) in [5.41, 5.74) is 4.54. The highest BCUT2D eigenvalue weighted by atomic mass is 16.5. The van der Waals surface area contributed by atoms with Crippen LogP contribution in [0.4, 0.5) is 0 Å². The van der Waals surface area contributed by atoms with Gasteiger partial charge in [-0.15, -0.1) is 0 Å². The standard InChI is InChI=1S/C19H31NO/c1-5-21-13-19(14(2)3)20-15(4)17-11-10-16-8-6-7-9-18(16)12-17/h10-12,14-15,19-20H,5-9,13H2,1-4H3. The molecule has 0 saturated carbocycles. The van der Waals surface area contributed by atoms with Crippen LogP contribution in [-0.2, 0) is 17.6 Å². The van der Waals surface area contributed by atoms with Crippen LogP contribution in [0.25, 0.3) is 0 Å². The van der Waals surface area contributed by atoms with Crippen LogP contribution >= 0.6 is 0 Å². The van der Waals surface area contributed by atoms with Crippen LogP contribution in [0.15, 0.2) is 18.2 Å². The molecule has 1 aromatic carbocycles. The first-order chi connectivity index (χ1) is 10.1. The van der Waals surface area contributed by atoms with E-state index in [-0.39, 0.29) is 0 Å². The van der Waals surface area contributed by atoms with Crippen molar-refractivity contribution in [3.63, 3.8) is 0 Å². The van der Waals surface area contributed by atoms with Crippen molar-refractivity contribution in [2.24, 2.45) is 5.92 Å². The lowest BCUT2D eigenvalue weighted by Gasteiger charge is -2.27. The van der Waals surface area contributed by atoms with Gasteiger partial charge in [0.2, 0.25) is 0 Å². The van der Waals surface area contributed by atoms with Crippen molar-refractivity contribution in [1.82, 2.24) is 5.32 Å². The Balaban J connectivity index is 2.02. The van der Waals surface area contributed by atoms with Crippen LogP contribution in [0.2, 0.25) is 0 Å². The number of rotatable bonds is 7. The highest BCUT2D eigenvalue weighted by Gasteiger charge is 2.18. The zero-order valence-corrected chi connectivity index (χ0v) is 14.1. The number of benzene rings is 1. The van der Waals surface area contributed by atoms with E-state index in [2.05, 4.69) is 51.2 Å². The number of hydrogen-bond donors (Lipinski definition) is 1. The van der Waals surface area contributed by atoms with Gasteiger partial charge in [0.25, 0.3) is 0 Å². The molecule has 0 fully saturated rings. The summed E-state index contributed by atoms with van der Waals surface area (Å²) in [4.78, 5) is 0. The number of hydrogen-bond acceptors (Lipinski definition) is 2. The fraction of sp³-hybridized carbons (Fsp3) is 0.684. The van der Waals surface area contributed by atoms with Crippen LogP contribution in [0.1, 0.15) is 63.3 Å². The average molecular weight is 289 g/mol. The lowest BCUT2D eigenvalue weighted by atomic mass is 9.89. The third-order valence-corrected chi connectivity index (χ3v) is 4.64. The molecule has 1 aliphatic carbocycles. The Morgan fingerprint density at radius 2 is 1.81 bits per heavy atom. The molecule has 0 amide bonds. The van der Waals surface area contributed by atoms with Crippen LogP contribution in [0.3, 0.4) is 0 Å². The Hall–Kier alpha value is -0.860.